The second-order valence-corrected chi connectivity index (χ2v) is 4.32. The van der Waals surface area contributed by atoms with E-state index in [0.717, 1.165) is 11.2 Å². The Balaban J connectivity index is 2.81. The number of nitrogen functional groups attached to an aromatic ring is 1. The van der Waals surface area contributed by atoms with Crippen molar-refractivity contribution in [2.75, 3.05) is 19.5 Å². The van der Waals surface area contributed by atoms with E-state index in [4.69, 9.17) is 15.2 Å². The van der Waals surface area contributed by atoms with Crippen LogP contribution in [0.25, 0.3) is 10.9 Å². The number of hydrogen-bond donors (Lipinski definition) is 1. The molecule has 0 aliphatic heterocycles. The van der Waals surface area contributed by atoms with Gasteiger partial charge in [-0.2, -0.15) is 0 Å². The van der Waals surface area contributed by atoms with Gasteiger partial charge in [0.15, 0.2) is 0 Å². The van der Waals surface area contributed by atoms with E-state index in [1.807, 2.05) is 24.6 Å². The topological polar surface area (TPSA) is 66.5 Å². The maximum absolute atomic E-state index is 12.1. The molecule has 0 saturated heterocycles. The summed E-state index contributed by atoms with van der Waals surface area (Å²) in [5.41, 5.74) is 8.79. The Hall–Kier alpha value is -2.17. The Morgan fingerprint density at radius 3 is 2.68 bits per heavy atom. The quantitative estimate of drug-likeness (QED) is 0.680. The van der Waals surface area contributed by atoms with E-state index in [1.165, 1.54) is 0 Å². The lowest BCUT2D eigenvalue weighted by atomic mass is 10.1. The number of carbonyl (C=O) groups excluding carboxylic acids is 1. The van der Waals surface area contributed by atoms with Gasteiger partial charge in [-0.15, -0.1) is 0 Å². The molecule has 1 aromatic heterocycles. The fraction of sp³-hybridized carbons (Fsp3) is 0.357. The van der Waals surface area contributed by atoms with Crippen LogP contribution >= 0.6 is 0 Å². The molecule has 0 bridgehead atoms. The molecule has 2 aromatic rings. The number of aromatic nitrogens is 1. The number of methoxy groups -OCH3 is 1. The number of aryl methyl sites for hydroxylation is 1. The number of ether oxygens (including phenoxy) is 2. The normalized spacial score (nSPS) is 10.7. The van der Waals surface area contributed by atoms with Crippen molar-refractivity contribution in [2.45, 2.75) is 13.8 Å². The van der Waals surface area contributed by atoms with E-state index in [0.29, 0.717) is 29.0 Å². The number of nitrogens with two attached hydrogens (primary N) is 1. The maximum Gasteiger partial charge on any atom is 0.340 e. The van der Waals surface area contributed by atoms with Crippen molar-refractivity contribution >= 4 is 22.6 Å². The van der Waals surface area contributed by atoms with Crippen molar-refractivity contribution in [3.05, 3.63) is 23.4 Å². The zero-order valence-corrected chi connectivity index (χ0v) is 11.6. The first-order chi connectivity index (χ1) is 9.02. The number of rotatable bonds is 3. The molecule has 1 aromatic carbocycles. The first-order valence-electron chi connectivity index (χ1n) is 6.11. The third-order valence-electron chi connectivity index (χ3n) is 3.36. The fourth-order valence-electron chi connectivity index (χ4n) is 2.29. The minimum Gasteiger partial charge on any atom is -0.495 e. The third kappa shape index (κ3) is 1.91. The Morgan fingerprint density at radius 2 is 2.11 bits per heavy atom. The van der Waals surface area contributed by atoms with Crippen LogP contribution in [0.4, 0.5) is 5.69 Å². The van der Waals surface area contributed by atoms with Crippen molar-refractivity contribution < 1.29 is 14.3 Å². The van der Waals surface area contributed by atoms with Gasteiger partial charge in [0, 0.05) is 18.1 Å². The largest absolute Gasteiger partial charge is 0.495 e. The third-order valence-corrected chi connectivity index (χ3v) is 3.36. The molecular weight excluding hydrogens is 244 g/mol. The van der Waals surface area contributed by atoms with Crippen molar-refractivity contribution in [1.82, 2.24) is 4.57 Å². The number of fused-ring (bicyclic) bond motifs is 1. The zero-order valence-electron chi connectivity index (χ0n) is 11.6. The Labute approximate surface area is 111 Å². The summed E-state index contributed by atoms with van der Waals surface area (Å²) in [5, 5.41) is 0.692. The van der Waals surface area contributed by atoms with Gasteiger partial charge in [0.25, 0.3) is 0 Å². The average molecular weight is 262 g/mol. The Morgan fingerprint density at radius 1 is 1.42 bits per heavy atom. The smallest absolute Gasteiger partial charge is 0.340 e. The number of nitrogens with zero attached hydrogens (tertiary/aromatic N) is 1. The lowest BCUT2D eigenvalue weighted by Crippen LogP contribution is -2.07. The molecule has 2 rings (SSSR count). The van der Waals surface area contributed by atoms with Crippen LogP contribution in [0, 0.1) is 6.92 Å². The summed E-state index contributed by atoms with van der Waals surface area (Å²) in [6, 6.07) is 3.69. The number of hydrogen-bond acceptors (Lipinski definition) is 4. The second-order valence-electron chi connectivity index (χ2n) is 4.32. The maximum atomic E-state index is 12.1. The highest BCUT2D eigenvalue weighted by Gasteiger charge is 2.22. The molecule has 2 N–H and O–H groups in total. The number of carbonyl (C=O) groups is 1. The first kappa shape index (κ1) is 13.3. The fourth-order valence-corrected chi connectivity index (χ4v) is 2.29. The molecule has 5 heteroatoms. The van der Waals surface area contributed by atoms with Crippen LogP contribution in [0.1, 0.15) is 23.0 Å². The van der Waals surface area contributed by atoms with Crippen LogP contribution in [0.3, 0.4) is 0 Å². The lowest BCUT2D eigenvalue weighted by molar-refractivity contribution is 0.0527. The van der Waals surface area contributed by atoms with Gasteiger partial charge in [-0.05, 0) is 26.0 Å². The van der Waals surface area contributed by atoms with Crippen LogP contribution in [-0.4, -0.2) is 24.3 Å². The van der Waals surface area contributed by atoms with Crippen LogP contribution in [0.2, 0.25) is 0 Å². The molecule has 0 atom stereocenters. The molecule has 0 spiro atoms. The molecule has 0 amide bonds. The lowest BCUT2D eigenvalue weighted by Gasteiger charge is -2.07. The minimum absolute atomic E-state index is 0.332. The molecule has 102 valence electrons. The number of benzene rings is 1. The summed E-state index contributed by atoms with van der Waals surface area (Å²) in [6.45, 7) is 3.99. The van der Waals surface area contributed by atoms with E-state index < -0.39 is 0 Å². The first-order valence-corrected chi connectivity index (χ1v) is 6.11. The van der Waals surface area contributed by atoms with Crippen molar-refractivity contribution in [1.29, 1.82) is 0 Å². The van der Waals surface area contributed by atoms with Gasteiger partial charge in [0.05, 0.1) is 30.5 Å². The Bertz CT molecular complexity index is 644. The predicted octanol–water partition coefficient (Wildman–Crippen LogP) is 2.25. The van der Waals surface area contributed by atoms with Crippen LogP contribution in [0.5, 0.6) is 5.75 Å². The summed E-state index contributed by atoms with van der Waals surface area (Å²) in [5.74, 6) is 0.203. The highest BCUT2D eigenvalue weighted by molar-refractivity contribution is 6.11. The highest BCUT2D eigenvalue weighted by Crippen LogP contribution is 2.36. The van der Waals surface area contributed by atoms with Crippen molar-refractivity contribution in [3.8, 4) is 5.75 Å². The van der Waals surface area contributed by atoms with Gasteiger partial charge >= 0.3 is 5.97 Å². The van der Waals surface area contributed by atoms with Gasteiger partial charge in [-0.1, -0.05) is 0 Å². The molecule has 0 fully saturated rings. The molecule has 5 nitrogen and oxygen atoms in total. The van der Waals surface area contributed by atoms with Gasteiger partial charge in [-0.25, -0.2) is 4.79 Å². The SMILES string of the molecule is CCOC(=O)c1c(C)n(C)c2ccc(OC)c(N)c12. The van der Waals surface area contributed by atoms with Crippen molar-refractivity contribution in [3.63, 3.8) is 0 Å². The summed E-state index contributed by atoms with van der Waals surface area (Å²) < 4.78 is 12.2. The highest BCUT2D eigenvalue weighted by atomic mass is 16.5. The molecule has 0 aliphatic rings. The second kappa shape index (κ2) is 4.84. The van der Waals surface area contributed by atoms with E-state index >= 15 is 0 Å². The van der Waals surface area contributed by atoms with Gasteiger partial charge in [0.2, 0.25) is 0 Å². The van der Waals surface area contributed by atoms with Crippen LogP contribution in [0.15, 0.2) is 12.1 Å². The standard InChI is InChI=1S/C14H18N2O3/c1-5-19-14(17)11-8(2)16(3)9-6-7-10(18-4)13(15)12(9)11/h6-7H,5,15H2,1-4H3. The van der Waals surface area contributed by atoms with Gasteiger partial charge < -0.3 is 19.8 Å². The van der Waals surface area contributed by atoms with Gasteiger partial charge in [-0.3, -0.25) is 0 Å². The summed E-state index contributed by atoms with van der Waals surface area (Å²) >= 11 is 0. The molecular formula is C14H18N2O3. The number of esters is 1. The summed E-state index contributed by atoms with van der Waals surface area (Å²) in [4.78, 5) is 12.1. The van der Waals surface area contributed by atoms with Crippen molar-refractivity contribution in [2.24, 2.45) is 7.05 Å². The van der Waals surface area contributed by atoms with Gasteiger partial charge in [0.1, 0.15) is 5.75 Å². The molecule has 19 heavy (non-hydrogen) atoms. The van der Waals surface area contributed by atoms with Crippen LogP contribution in [-0.2, 0) is 11.8 Å². The van der Waals surface area contributed by atoms with E-state index in [2.05, 4.69) is 0 Å². The molecule has 1 heterocycles. The van der Waals surface area contributed by atoms with Crippen LogP contribution < -0.4 is 10.5 Å². The average Bonchev–Trinajstić information content (AvgIpc) is 2.64. The van der Waals surface area contributed by atoms with E-state index in [9.17, 15) is 4.79 Å². The molecule has 0 unspecified atom stereocenters. The van der Waals surface area contributed by atoms with E-state index in [-0.39, 0.29) is 5.97 Å². The summed E-state index contributed by atoms with van der Waals surface area (Å²) in [6.07, 6.45) is 0. The zero-order chi connectivity index (χ0) is 14.2. The Kier molecular flexibility index (Phi) is 3.38. The minimum atomic E-state index is -0.356. The number of anilines is 1. The monoisotopic (exact) mass is 262 g/mol. The molecule has 0 aliphatic carbocycles. The summed E-state index contributed by atoms with van der Waals surface area (Å²) in [7, 11) is 3.45. The molecule has 0 radical (unpaired) electrons. The predicted molar refractivity (Wildman–Crippen MR) is 74.6 cm³/mol. The molecule has 0 saturated carbocycles. The van der Waals surface area contributed by atoms with E-state index in [1.54, 1.807) is 20.1 Å².